The highest BCUT2D eigenvalue weighted by Gasteiger charge is 2.10. The van der Waals surface area contributed by atoms with E-state index in [-0.39, 0.29) is 24.0 Å². The molecule has 0 aliphatic carbocycles. The van der Waals surface area contributed by atoms with Crippen LogP contribution in [0.5, 0.6) is 5.75 Å². The number of ether oxygens (including phenoxy) is 1. The van der Waals surface area contributed by atoms with Gasteiger partial charge in [-0.15, -0.1) is 24.0 Å². The maximum Gasteiger partial charge on any atom is 0.191 e. The number of aliphatic imine (C=N–C) groups is 1. The summed E-state index contributed by atoms with van der Waals surface area (Å²) in [5.41, 5.74) is 2.39. The molecule has 1 heterocycles. The second-order valence-electron chi connectivity index (χ2n) is 6.71. The number of likely N-dealkylation sites (tertiary alicyclic amines) is 1. The van der Waals surface area contributed by atoms with Crippen LogP contribution in [0.3, 0.4) is 0 Å². The van der Waals surface area contributed by atoms with Gasteiger partial charge in [-0.25, -0.2) is 0 Å². The van der Waals surface area contributed by atoms with Crippen LogP contribution in [0.1, 0.15) is 43.7 Å². The highest BCUT2D eigenvalue weighted by atomic mass is 127. The Morgan fingerprint density at radius 1 is 1.23 bits per heavy atom. The second-order valence-corrected chi connectivity index (χ2v) is 6.71. The Labute approximate surface area is 176 Å². The molecular weight excluding hydrogens is 439 g/mol. The van der Waals surface area contributed by atoms with E-state index >= 15 is 0 Å². The number of halogens is 1. The van der Waals surface area contributed by atoms with E-state index in [0.29, 0.717) is 6.54 Å². The van der Waals surface area contributed by atoms with Crippen LogP contribution in [0.2, 0.25) is 0 Å². The lowest BCUT2D eigenvalue weighted by Crippen LogP contribution is -2.38. The fourth-order valence-corrected chi connectivity index (χ4v) is 3.07. The van der Waals surface area contributed by atoms with Gasteiger partial charge in [0.05, 0.1) is 6.61 Å². The minimum Gasteiger partial charge on any atom is -0.493 e. The summed E-state index contributed by atoms with van der Waals surface area (Å²) >= 11 is 0. The van der Waals surface area contributed by atoms with Gasteiger partial charge in [-0.2, -0.15) is 0 Å². The zero-order valence-electron chi connectivity index (χ0n) is 16.5. The summed E-state index contributed by atoms with van der Waals surface area (Å²) in [4.78, 5) is 6.87. The van der Waals surface area contributed by atoms with E-state index in [1.807, 2.05) is 7.05 Å². The van der Waals surface area contributed by atoms with Crippen LogP contribution in [0.25, 0.3) is 0 Å². The summed E-state index contributed by atoms with van der Waals surface area (Å²) in [7, 11) is 1.82. The molecule has 1 aliphatic rings. The third kappa shape index (κ3) is 8.12. The SMILES string of the molecule is CCCOc1cc(C)ccc1CNC(=NC)NCCCN1CCCC1.I. The molecule has 0 aromatic heterocycles. The van der Waals surface area contributed by atoms with E-state index in [4.69, 9.17) is 4.74 Å². The minimum absolute atomic E-state index is 0. The van der Waals surface area contributed by atoms with Crippen molar-refractivity contribution in [3.63, 3.8) is 0 Å². The van der Waals surface area contributed by atoms with Gasteiger partial charge in [0, 0.05) is 25.7 Å². The molecule has 2 rings (SSSR count). The summed E-state index contributed by atoms with van der Waals surface area (Å²) in [5.74, 6) is 1.82. The molecule has 1 aliphatic heterocycles. The molecule has 0 atom stereocenters. The van der Waals surface area contributed by atoms with E-state index in [0.717, 1.165) is 37.7 Å². The number of guanidine groups is 1. The van der Waals surface area contributed by atoms with E-state index in [1.54, 1.807) is 0 Å². The van der Waals surface area contributed by atoms with Crippen molar-refractivity contribution in [2.75, 3.05) is 39.8 Å². The van der Waals surface area contributed by atoms with Crippen LogP contribution in [-0.4, -0.2) is 50.7 Å². The van der Waals surface area contributed by atoms with Gasteiger partial charge in [-0.05, 0) is 63.9 Å². The molecule has 2 N–H and O–H groups in total. The molecule has 0 radical (unpaired) electrons. The Bertz CT molecular complexity index is 545. The quantitative estimate of drug-likeness (QED) is 0.249. The van der Waals surface area contributed by atoms with Crippen molar-refractivity contribution < 1.29 is 4.74 Å². The third-order valence-electron chi connectivity index (χ3n) is 4.50. The average molecular weight is 474 g/mol. The van der Waals surface area contributed by atoms with Crippen LogP contribution < -0.4 is 15.4 Å². The first-order valence-electron chi connectivity index (χ1n) is 9.62. The van der Waals surface area contributed by atoms with Crippen LogP contribution in [-0.2, 0) is 6.54 Å². The monoisotopic (exact) mass is 474 g/mol. The molecule has 0 bridgehead atoms. The Balaban J connectivity index is 0.00000338. The molecule has 5 nitrogen and oxygen atoms in total. The van der Waals surface area contributed by atoms with Gasteiger partial charge in [0.1, 0.15) is 5.75 Å². The largest absolute Gasteiger partial charge is 0.493 e. The van der Waals surface area contributed by atoms with Gasteiger partial charge in [-0.1, -0.05) is 19.1 Å². The van der Waals surface area contributed by atoms with Gasteiger partial charge in [-0.3, -0.25) is 4.99 Å². The van der Waals surface area contributed by atoms with Crippen molar-refractivity contribution in [3.8, 4) is 5.75 Å². The number of nitrogens with zero attached hydrogens (tertiary/aromatic N) is 2. The van der Waals surface area contributed by atoms with Crippen molar-refractivity contribution in [2.45, 2.75) is 46.1 Å². The predicted octanol–water partition coefficient (Wildman–Crippen LogP) is 3.55. The summed E-state index contributed by atoms with van der Waals surface area (Å²) < 4.78 is 5.88. The molecule has 0 amide bonds. The van der Waals surface area contributed by atoms with E-state index in [2.05, 4.69) is 52.6 Å². The van der Waals surface area contributed by atoms with Crippen LogP contribution >= 0.6 is 24.0 Å². The number of rotatable bonds is 9. The number of nitrogens with one attached hydrogen (secondary N) is 2. The van der Waals surface area contributed by atoms with Crippen molar-refractivity contribution in [1.29, 1.82) is 0 Å². The fourth-order valence-electron chi connectivity index (χ4n) is 3.07. The Morgan fingerprint density at radius 3 is 2.69 bits per heavy atom. The molecular formula is C20H35IN4O. The highest BCUT2D eigenvalue weighted by Crippen LogP contribution is 2.20. The van der Waals surface area contributed by atoms with Gasteiger partial charge in [0.25, 0.3) is 0 Å². The molecule has 0 spiro atoms. The number of hydrogen-bond donors (Lipinski definition) is 2. The molecule has 148 valence electrons. The first-order chi connectivity index (χ1) is 12.2. The maximum absolute atomic E-state index is 5.88. The van der Waals surface area contributed by atoms with Gasteiger partial charge in [0.2, 0.25) is 0 Å². The average Bonchev–Trinajstić information content (AvgIpc) is 3.14. The van der Waals surface area contributed by atoms with Crippen molar-refractivity contribution in [1.82, 2.24) is 15.5 Å². The van der Waals surface area contributed by atoms with Crippen LogP contribution in [0.15, 0.2) is 23.2 Å². The van der Waals surface area contributed by atoms with Gasteiger partial charge >= 0.3 is 0 Å². The lowest BCUT2D eigenvalue weighted by atomic mass is 10.1. The summed E-state index contributed by atoms with van der Waals surface area (Å²) in [5, 5.41) is 6.80. The van der Waals surface area contributed by atoms with Gasteiger partial charge in [0.15, 0.2) is 5.96 Å². The van der Waals surface area contributed by atoms with Gasteiger partial charge < -0.3 is 20.3 Å². The van der Waals surface area contributed by atoms with Crippen LogP contribution in [0, 0.1) is 6.92 Å². The third-order valence-corrected chi connectivity index (χ3v) is 4.50. The van der Waals surface area contributed by atoms with Crippen molar-refractivity contribution in [2.24, 2.45) is 4.99 Å². The lowest BCUT2D eigenvalue weighted by Gasteiger charge is -2.17. The zero-order chi connectivity index (χ0) is 17.9. The summed E-state index contributed by atoms with van der Waals surface area (Å²) in [6.45, 7) is 10.3. The second kappa shape index (κ2) is 13.2. The topological polar surface area (TPSA) is 48.9 Å². The van der Waals surface area contributed by atoms with E-state index in [1.165, 1.54) is 43.6 Å². The molecule has 1 aromatic rings. The summed E-state index contributed by atoms with van der Waals surface area (Å²) in [6, 6.07) is 6.37. The standard InChI is InChI=1S/C20H34N4O.HI/c1-4-14-25-19-15-17(2)8-9-18(19)16-23-20(21-3)22-10-7-13-24-11-5-6-12-24;/h8-9,15H,4-7,10-14,16H2,1-3H3,(H2,21,22,23);1H. The highest BCUT2D eigenvalue weighted by molar-refractivity contribution is 14.0. The smallest absolute Gasteiger partial charge is 0.191 e. The summed E-state index contributed by atoms with van der Waals surface area (Å²) in [6.07, 6.45) is 4.88. The normalized spacial score (nSPS) is 14.8. The van der Waals surface area contributed by atoms with Crippen LogP contribution in [0.4, 0.5) is 0 Å². The molecule has 0 saturated carbocycles. The van der Waals surface area contributed by atoms with E-state index < -0.39 is 0 Å². The predicted molar refractivity (Wildman–Crippen MR) is 121 cm³/mol. The maximum atomic E-state index is 5.88. The minimum atomic E-state index is 0. The van der Waals surface area contributed by atoms with Crippen molar-refractivity contribution in [3.05, 3.63) is 29.3 Å². The van der Waals surface area contributed by atoms with E-state index in [9.17, 15) is 0 Å². The molecule has 1 fully saturated rings. The number of benzene rings is 1. The number of hydrogen-bond acceptors (Lipinski definition) is 3. The number of aryl methyl sites for hydroxylation is 1. The first kappa shape index (κ1) is 23.0. The Morgan fingerprint density at radius 2 is 2.00 bits per heavy atom. The molecule has 0 unspecified atom stereocenters. The Hall–Kier alpha value is -1.02. The van der Waals surface area contributed by atoms with Crippen molar-refractivity contribution >= 4 is 29.9 Å². The first-order valence-corrected chi connectivity index (χ1v) is 9.62. The Kier molecular flexibility index (Phi) is 11.7. The lowest BCUT2D eigenvalue weighted by molar-refractivity contribution is 0.313. The fraction of sp³-hybridized carbons (Fsp3) is 0.650. The molecule has 1 saturated heterocycles. The molecule has 1 aromatic carbocycles. The molecule has 26 heavy (non-hydrogen) atoms. The zero-order valence-corrected chi connectivity index (χ0v) is 18.8. The molecule has 6 heteroatoms.